The van der Waals surface area contributed by atoms with E-state index in [0.717, 1.165) is 22.9 Å². The predicted octanol–water partition coefficient (Wildman–Crippen LogP) is 3.10. The minimum atomic E-state index is 0.401. The smallest absolute Gasteiger partial charge is 0.159 e. The van der Waals surface area contributed by atoms with Crippen LogP contribution in [0.2, 0.25) is 0 Å². The number of fused-ring (bicyclic) bond motifs is 2. The van der Waals surface area contributed by atoms with Crippen LogP contribution in [0.5, 0.6) is 0 Å². The van der Waals surface area contributed by atoms with Gasteiger partial charge in [0.25, 0.3) is 0 Å². The lowest BCUT2D eigenvalue weighted by Crippen LogP contribution is -1.98. The molecule has 0 bridgehead atoms. The maximum atomic E-state index is 4.30. The zero-order valence-electron chi connectivity index (χ0n) is 14.3. The normalized spacial score (nSPS) is 11.2. The second kappa shape index (κ2) is 6.74. The molecule has 7 nitrogen and oxygen atoms in total. The standard InChI is InChI=1S/C9H11N3.C8H10N4/c1-7(2)9-11-6-8-10-4-3-5-12(8)9;1-6(2)8-10-3-7-11-4-9-5-12(7)8/h3-7H,1-2H3;3-6H,1-2H3. The van der Waals surface area contributed by atoms with E-state index in [2.05, 4.69) is 52.6 Å². The summed E-state index contributed by atoms with van der Waals surface area (Å²) in [4.78, 5) is 20.7. The molecular weight excluding hydrogens is 302 g/mol. The minimum absolute atomic E-state index is 0.401. The van der Waals surface area contributed by atoms with Gasteiger partial charge in [0.15, 0.2) is 11.3 Å². The van der Waals surface area contributed by atoms with Crippen molar-refractivity contribution in [1.82, 2.24) is 33.7 Å². The first-order chi connectivity index (χ1) is 11.6. The van der Waals surface area contributed by atoms with Crippen LogP contribution in [0.1, 0.15) is 51.2 Å². The quantitative estimate of drug-likeness (QED) is 0.567. The van der Waals surface area contributed by atoms with Crippen molar-refractivity contribution in [3.05, 3.63) is 55.2 Å². The Kier molecular flexibility index (Phi) is 4.50. The van der Waals surface area contributed by atoms with Crippen LogP contribution in [0.25, 0.3) is 11.3 Å². The lowest BCUT2D eigenvalue weighted by Gasteiger charge is -2.01. The number of imidazole rings is 2. The summed E-state index contributed by atoms with van der Waals surface area (Å²) in [5.41, 5.74) is 1.77. The van der Waals surface area contributed by atoms with Gasteiger partial charge in [0.05, 0.1) is 12.4 Å². The molecule has 124 valence electrons. The van der Waals surface area contributed by atoms with Gasteiger partial charge >= 0.3 is 0 Å². The van der Waals surface area contributed by atoms with Gasteiger partial charge in [0, 0.05) is 24.2 Å². The van der Waals surface area contributed by atoms with Crippen LogP contribution in [0.15, 0.2) is 43.5 Å². The molecule has 4 rings (SSSR count). The van der Waals surface area contributed by atoms with Crippen molar-refractivity contribution in [2.45, 2.75) is 39.5 Å². The van der Waals surface area contributed by atoms with Crippen LogP contribution in [0.4, 0.5) is 0 Å². The van der Waals surface area contributed by atoms with Gasteiger partial charge < -0.3 is 0 Å². The highest BCUT2D eigenvalue weighted by molar-refractivity contribution is 5.36. The van der Waals surface area contributed by atoms with Gasteiger partial charge in [-0.25, -0.2) is 24.9 Å². The van der Waals surface area contributed by atoms with Gasteiger partial charge in [-0.1, -0.05) is 27.7 Å². The van der Waals surface area contributed by atoms with Crippen molar-refractivity contribution < 1.29 is 0 Å². The highest BCUT2D eigenvalue weighted by Gasteiger charge is 2.07. The zero-order valence-corrected chi connectivity index (χ0v) is 14.3. The van der Waals surface area contributed by atoms with E-state index in [4.69, 9.17) is 0 Å². The molecule has 0 aromatic carbocycles. The molecule has 0 aliphatic rings. The molecule has 0 saturated carbocycles. The summed E-state index contributed by atoms with van der Waals surface area (Å²) in [7, 11) is 0. The maximum absolute atomic E-state index is 4.30. The largest absolute Gasteiger partial charge is 0.288 e. The van der Waals surface area contributed by atoms with E-state index in [1.54, 1.807) is 24.9 Å². The Hall–Kier alpha value is -2.83. The summed E-state index contributed by atoms with van der Waals surface area (Å²) in [6, 6.07) is 1.92. The molecule has 0 fully saturated rings. The number of hydrogen-bond acceptors (Lipinski definition) is 5. The molecule has 4 aromatic rings. The topological polar surface area (TPSA) is 73.3 Å². The first kappa shape index (κ1) is 16.0. The lowest BCUT2D eigenvalue weighted by atomic mass is 10.2. The number of nitrogens with zero attached hydrogens (tertiary/aromatic N) is 7. The van der Waals surface area contributed by atoms with E-state index in [-0.39, 0.29) is 0 Å². The van der Waals surface area contributed by atoms with Crippen molar-refractivity contribution >= 4 is 11.3 Å². The van der Waals surface area contributed by atoms with E-state index in [0.29, 0.717) is 11.8 Å². The Morgan fingerprint density at radius 1 is 0.792 bits per heavy atom. The van der Waals surface area contributed by atoms with Gasteiger partial charge in [-0.2, -0.15) is 0 Å². The van der Waals surface area contributed by atoms with Crippen LogP contribution < -0.4 is 0 Å². The summed E-state index contributed by atoms with van der Waals surface area (Å²) in [5, 5.41) is 0. The monoisotopic (exact) mass is 323 g/mol. The first-order valence-corrected chi connectivity index (χ1v) is 7.99. The van der Waals surface area contributed by atoms with E-state index < -0.39 is 0 Å². The van der Waals surface area contributed by atoms with Gasteiger partial charge in [-0.3, -0.25) is 8.80 Å². The van der Waals surface area contributed by atoms with Crippen molar-refractivity contribution in [3.8, 4) is 0 Å². The molecular formula is C17H21N7. The molecule has 4 heterocycles. The first-order valence-electron chi connectivity index (χ1n) is 7.99. The van der Waals surface area contributed by atoms with E-state index in [1.165, 1.54) is 6.33 Å². The summed E-state index contributed by atoms with van der Waals surface area (Å²) < 4.78 is 3.93. The molecule has 0 radical (unpaired) electrons. The van der Waals surface area contributed by atoms with Gasteiger partial charge in [0.2, 0.25) is 0 Å². The number of rotatable bonds is 2. The van der Waals surface area contributed by atoms with E-state index in [9.17, 15) is 0 Å². The summed E-state index contributed by atoms with van der Waals surface area (Å²) in [6.45, 7) is 8.45. The maximum Gasteiger partial charge on any atom is 0.159 e. The molecule has 0 atom stereocenters. The van der Waals surface area contributed by atoms with E-state index >= 15 is 0 Å². The van der Waals surface area contributed by atoms with Crippen molar-refractivity contribution in [2.24, 2.45) is 0 Å². The van der Waals surface area contributed by atoms with Crippen molar-refractivity contribution in [2.75, 3.05) is 0 Å². The van der Waals surface area contributed by atoms with E-state index in [1.807, 2.05) is 21.1 Å². The Bertz CT molecular complexity index is 858. The van der Waals surface area contributed by atoms with Crippen molar-refractivity contribution in [3.63, 3.8) is 0 Å². The number of aromatic nitrogens is 7. The molecule has 0 aliphatic carbocycles. The Morgan fingerprint density at radius 3 is 2.08 bits per heavy atom. The second-order valence-electron chi connectivity index (χ2n) is 6.13. The lowest BCUT2D eigenvalue weighted by molar-refractivity contribution is 0.760. The van der Waals surface area contributed by atoms with Gasteiger partial charge in [-0.15, -0.1) is 0 Å². The third-order valence-electron chi connectivity index (χ3n) is 3.61. The Balaban J connectivity index is 0.000000141. The fraction of sp³-hybridized carbons (Fsp3) is 0.353. The molecule has 0 spiro atoms. The number of hydrogen-bond donors (Lipinski definition) is 0. The fourth-order valence-corrected chi connectivity index (χ4v) is 2.48. The van der Waals surface area contributed by atoms with Crippen LogP contribution in [-0.4, -0.2) is 33.7 Å². The van der Waals surface area contributed by atoms with Gasteiger partial charge in [0.1, 0.15) is 24.3 Å². The summed E-state index contributed by atoms with van der Waals surface area (Å²) in [5.74, 6) is 2.92. The molecule has 0 saturated heterocycles. The molecule has 0 amide bonds. The van der Waals surface area contributed by atoms with Crippen LogP contribution in [0, 0.1) is 0 Å². The molecule has 7 heteroatoms. The second-order valence-corrected chi connectivity index (χ2v) is 6.13. The fourth-order valence-electron chi connectivity index (χ4n) is 2.48. The average Bonchev–Trinajstić information content (AvgIpc) is 3.19. The van der Waals surface area contributed by atoms with Crippen molar-refractivity contribution in [1.29, 1.82) is 0 Å². The SMILES string of the molecule is CC(C)c1ncc2ncccn12.CC(C)c1ncc2ncncn12. The molecule has 0 N–H and O–H groups in total. The molecule has 0 aliphatic heterocycles. The Labute approximate surface area is 140 Å². The summed E-state index contributed by atoms with van der Waals surface area (Å²) >= 11 is 0. The third kappa shape index (κ3) is 3.10. The van der Waals surface area contributed by atoms with Gasteiger partial charge in [-0.05, 0) is 6.07 Å². The average molecular weight is 323 g/mol. The molecule has 4 aromatic heterocycles. The van der Waals surface area contributed by atoms with Crippen LogP contribution >= 0.6 is 0 Å². The molecule has 24 heavy (non-hydrogen) atoms. The zero-order chi connectivity index (χ0) is 17.1. The molecule has 0 unspecified atom stereocenters. The summed E-state index contributed by atoms with van der Waals surface area (Å²) in [6.07, 6.45) is 10.6. The minimum Gasteiger partial charge on any atom is -0.288 e. The predicted molar refractivity (Wildman–Crippen MR) is 91.9 cm³/mol. The highest BCUT2D eigenvalue weighted by atomic mass is 15.1. The third-order valence-corrected chi connectivity index (χ3v) is 3.61. The van der Waals surface area contributed by atoms with Crippen LogP contribution in [0.3, 0.4) is 0 Å². The Morgan fingerprint density at radius 2 is 1.42 bits per heavy atom. The highest BCUT2D eigenvalue weighted by Crippen LogP contribution is 2.13. The van der Waals surface area contributed by atoms with Crippen LogP contribution in [-0.2, 0) is 0 Å².